The number of benzene rings is 1. The lowest BCUT2D eigenvalue weighted by molar-refractivity contribution is -0.133. The van der Waals surface area contributed by atoms with Crippen molar-refractivity contribution >= 4 is 23.2 Å². The number of nitrogens with two attached hydrogens (primary N) is 1. The summed E-state index contributed by atoms with van der Waals surface area (Å²) in [6, 6.07) is 6.08. The summed E-state index contributed by atoms with van der Waals surface area (Å²) in [7, 11) is 0. The van der Waals surface area contributed by atoms with Gasteiger partial charge >= 0.3 is 0 Å². The Balaban J connectivity index is 1.21. The summed E-state index contributed by atoms with van der Waals surface area (Å²) in [4.78, 5) is 28.5. The van der Waals surface area contributed by atoms with Crippen LogP contribution < -0.4 is 21.3 Å². The maximum atomic E-state index is 12.0. The zero-order valence-electron chi connectivity index (χ0n) is 20.7. The van der Waals surface area contributed by atoms with Crippen molar-refractivity contribution in [3.8, 4) is 0 Å². The molecule has 34 heavy (non-hydrogen) atoms. The van der Waals surface area contributed by atoms with Gasteiger partial charge in [-0.15, -0.1) is 0 Å². The molecule has 2 atom stereocenters. The van der Waals surface area contributed by atoms with Gasteiger partial charge in [0.05, 0.1) is 12.7 Å². The van der Waals surface area contributed by atoms with Gasteiger partial charge in [-0.25, -0.2) is 0 Å². The third-order valence-corrected chi connectivity index (χ3v) is 7.39. The smallest absolute Gasteiger partial charge is 0.249 e. The highest BCUT2D eigenvalue weighted by Gasteiger charge is 2.27. The van der Waals surface area contributed by atoms with E-state index < -0.39 is 0 Å². The molecule has 0 aromatic heterocycles. The lowest BCUT2D eigenvalue weighted by Gasteiger charge is -2.39. The first-order chi connectivity index (χ1) is 16.4. The van der Waals surface area contributed by atoms with Crippen LogP contribution in [0.5, 0.6) is 0 Å². The van der Waals surface area contributed by atoms with E-state index in [1.165, 1.54) is 30.6 Å². The average molecular weight is 472 g/mol. The van der Waals surface area contributed by atoms with Gasteiger partial charge < -0.3 is 20.7 Å². The zero-order valence-corrected chi connectivity index (χ0v) is 20.7. The number of nitrogens with zero attached hydrogens (tertiary/aromatic N) is 2. The molecule has 1 saturated carbocycles. The molecule has 4 rings (SSSR count). The number of piperidine rings is 1. The minimum absolute atomic E-state index is 0.121. The highest BCUT2D eigenvalue weighted by Crippen LogP contribution is 2.29. The third-order valence-electron chi connectivity index (χ3n) is 7.39. The molecule has 188 valence electrons. The molecule has 1 aromatic carbocycles. The van der Waals surface area contributed by atoms with Crippen LogP contribution in [0.3, 0.4) is 0 Å². The predicted molar refractivity (Wildman–Crippen MR) is 135 cm³/mol. The van der Waals surface area contributed by atoms with Crippen molar-refractivity contribution in [3.05, 3.63) is 23.8 Å². The first kappa shape index (κ1) is 24.9. The Morgan fingerprint density at radius 1 is 1.12 bits per heavy atom. The number of imide groups is 1. The van der Waals surface area contributed by atoms with Crippen molar-refractivity contribution in [2.45, 2.75) is 70.6 Å². The number of anilines is 2. The number of aryl methyl sites for hydroxylation is 1. The van der Waals surface area contributed by atoms with Crippen molar-refractivity contribution in [1.29, 1.82) is 0 Å². The van der Waals surface area contributed by atoms with E-state index in [2.05, 4.69) is 39.5 Å². The molecule has 2 amide bonds. The number of hydrogen-bond donors (Lipinski definition) is 3. The molecule has 1 unspecified atom stereocenters. The van der Waals surface area contributed by atoms with Crippen LogP contribution in [0.2, 0.25) is 0 Å². The van der Waals surface area contributed by atoms with E-state index in [1.807, 2.05) is 13.0 Å². The lowest BCUT2D eigenvalue weighted by Crippen LogP contribution is -2.48. The molecule has 0 radical (unpaired) electrons. The van der Waals surface area contributed by atoms with Gasteiger partial charge in [-0.3, -0.25) is 19.8 Å². The van der Waals surface area contributed by atoms with Crippen LogP contribution >= 0.6 is 0 Å². The van der Waals surface area contributed by atoms with Gasteiger partial charge in [0.25, 0.3) is 0 Å². The maximum Gasteiger partial charge on any atom is 0.249 e. The van der Waals surface area contributed by atoms with Gasteiger partial charge in [0, 0.05) is 56.6 Å². The molecule has 0 spiro atoms. The summed E-state index contributed by atoms with van der Waals surface area (Å²) in [6.45, 7) is 10.3. The van der Waals surface area contributed by atoms with Crippen molar-refractivity contribution < 1.29 is 14.3 Å². The minimum Gasteiger partial charge on any atom is -0.377 e. The van der Waals surface area contributed by atoms with E-state index in [-0.39, 0.29) is 23.9 Å². The fourth-order valence-corrected chi connectivity index (χ4v) is 5.44. The van der Waals surface area contributed by atoms with E-state index in [9.17, 15) is 9.59 Å². The third kappa shape index (κ3) is 6.71. The summed E-state index contributed by atoms with van der Waals surface area (Å²) < 4.78 is 5.93. The number of carbonyl (C=O) groups is 2. The van der Waals surface area contributed by atoms with Crippen molar-refractivity contribution in [3.63, 3.8) is 0 Å². The number of nitrogens with one attached hydrogen (secondary N) is 2. The number of ether oxygens (including phenoxy) is 1. The number of carbonyl (C=O) groups excluding carboxylic acids is 2. The van der Waals surface area contributed by atoms with Gasteiger partial charge in [0.2, 0.25) is 11.8 Å². The van der Waals surface area contributed by atoms with E-state index in [0.29, 0.717) is 25.6 Å². The molecule has 4 N–H and O–H groups in total. The van der Waals surface area contributed by atoms with Crippen LogP contribution in [0.15, 0.2) is 18.2 Å². The average Bonchev–Trinajstić information content (AvgIpc) is 2.81. The molecule has 0 bridgehead atoms. The van der Waals surface area contributed by atoms with Crippen molar-refractivity contribution in [2.24, 2.45) is 11.7 Å². The summed E-state index contributed by atoms with van der Waals surface area (Å²) in [5.74, 6) is 0.356. The number of piperazine rings is 1. The quantitative estimate of drug-likeness (QED) is 0.500. The molecule has 1 aliphatic carbocycles. The summed E-state index contributed by atoms with van der Waals surface area (Å²) in [5, 5.41) is 5.69. The SMILES string of the molecule is Cc1cc(NC2CCC(=O)NC2=O)ccc1N1CCN(CC2CCC(OC[C@@H](C)N)CC2)CC1. The largest absolute Gasteiger partial charge is 0.377 e. The molecule has 3 fully saturated rings. The van der Waals surface area contributed by atoms with Crippen molar-refractivity contribution in [1.82, 2.24) is 10.2 Å². The topological polar surface area (TPSA) is 99.9 Å². The number of rotatable bonds is 8. The van der Waals surface area contributed by atoms with Gasteiger partial charge in [-0.2, -0.15) is 0 Å². The highest BCUT2D eigenvalue weighted by molar-refractivity contribution is 6.01. The molecule has 3 aliphatic rings. The monoisotopic (exact) mass is 471 g/mol. The van der Waals surface area contributed by atoms with E-state index in [1.54, 1.807) is 0 Å². The van der Waals surface area contributed by atoms with E-state index in [0.717, 1.165) is 50.6 Å². The number of amides is 2. The summed E-state index contributed by atoms with van der Waals surface area (Å²) in [6.07, 6.45) is 6.15. The molecule has 2 saturated heterocycles. The Kier molecular flexibility index (Phi) is 8.45. The van der Waals surface area contributed by atoms with Gasteiger partial charge in [0.1, 0.15) is 6.04 Å². The minimum atomic E-state index is -0.350. The fraction of sp³-hybridized carbons (Fsp3) is 0.692. The molecule has 1 aromatic rings. The van der Waals surface area contributed by atoms with Crippen LogP contribution in [0, 0.1) is 12.8 Å². The van der Waals surface area contributed by atoms with Crippen LogP contribution in [-0.2, 0) is 14.3 Å². The van der Waals surface area contributed by atoms with Crippen LogP contribution in [0.1, 0.15) is 51.0 Å². The first-order valence-corrected chi connectivity index (χ1v) is 12.9. The Morgan fingerprint density at radius 2 is 1.85 bits per heavy atom. The molecule has 8 heteroatoms. The standard InChI is InChI=1S/C26H41N5O3/c1-18-15-21(28-23-8-10-25(32)29-26(23)33)5-9-24(18)31-13-11-30(12-14-31)16-20-3-6-22(7-4-20)34-17-19(2)27/h5,9,15,19-20,22-23,28H,3-4,6-8,10-14,16-17,27H2,1-2H3,(H,29,32,33)/t19-,20?,22?,23?/m1/s1. The van der Waals surface area contributed by atoms with Crippen LogP contribution in [0.25, 0.3) is 0 Å². The number of hydrogen-bond acceptors (Lipinski definition) is 7. The van der Waals surface area contributed by atoms with Gasteiger partial charge in [-0.1, -0.05) is 0 Å². The maximum absolute atomic E-state index is 12.0. The molecule has 8 nitrogen and oxygen atoms in total. The predicted octanol–water partition coefficient (Wildman–Crippen LogP) is 2.26. The molecular weight excluding hydrogens is 430 g/mol. The van der Waals surface area contributed by atoms with Crippen LogP contribution in [-0.4, -0.2) is 74.2 Å². The molecule has 2 heterocycles. The Bertz CT molecular complexity index is 845. The Hall–Kier alpha value is -2.16. The Labute approximate surface area is 203 Å². The van der Waals surface area contributed by atoms with Crippen molar-refractivity contribution in [2.75, 3.05) is 49.5 Å². The van der Waals surface area contributed by atoms with Gasteiger partial charge in [-0.05, 0) is 75.6 Å². The second-order valence-electron chi connectivity index (χ2n) is 10.4. The second-order valence-corrected chi connectivity index (χ2v) is 10.4. The van der Waals surface area contributed by atoms with E-state index >= 15 is 0 Å². The van der Waals surface area contributed by atoms with Crippen LogP contribution in [0.4, 0.5) is 11.4 Å². The lowest BCUT2D eigenvalue weighted by atomic mass is 9.87. The molecule has 2 aliphatic heterocycles. The highest BCUT2D eigenvalue weighted by atomic mass is 16.5. The molecular formula is C26H41N5O3. The normalized spacial score (nSPS) is 27.4. The van der Waals surface area contributed by atoms with E-state index in [4.69, 9.17) is 10.5 Å². The first-order valence-electron chi connectivity index (χ1n) is 12.9. The summed E-state index contributed by atoms with van der Waals surface area (Å²) >= 11 is 0. The Morgan fingerprint density at radius 3 is 2.50 bits per heavy atom. The van der Waals surface area contributed by atoms with Gasteiger partial charge in [0.15, 0.2) is 0 Å². The second kappa shape index (κ2) is 11.5. The fourth-order valence-electron chi connectivity index (χ4n) is 5.44. The zero-order chi connectivity index (χ0) is 24.1. The summed E-state index contributed by atoms with van der Waals surface area (Å²) in [5.41, 5.74) is 9.21.